The maximum atomic E-state index is 12.5. The summed E-state index contributed by atoms with van der Waals surface area (Å²) < 4.78 is 5.63. The average Bonchev–Trinajstić information content (AvgIpc) is 3.23. The summed E-state index contributed by atoms with van der Waals surface area (Å²) in [7, 11) is 0. The Morgan fingerprint density at radius 2 is 2.00 bits per heavy atom. The molecule has 138 valence electrons. The van der Waals surface area contributed by atoms with Crippen LogP contribution in [0.25, 0.3) is 6.08 Å². The minimum absolute atomic E-state index is 0.0372. The second kappa shape index (κ2) is 8.32. The summed E-state index contributed by atoms with van der Waals surface area (Å²) in [6.45, 7) is 1.67. The van der Waals surface area contributed by atoms with Gasteiger partial charge in [-0.1, -0.05) is 24.0 Å². The molecule has 2 aromatic rings. The van der Waals surface area contributed by atoms with Gasteiger partial charge in [-0.05, 0) is 43.3 Å². The Hall–Kier alpha value is -2.71. The number of furan rings is 1. The Kier molecular flexibility index (Phi) is 5.88. The van der Waals surface area contributed by atoms with Crippen LogP contribution in [0.3, 0.4) is 0 Å². The fraction of sp³-hybridized carbons (Fsp3) is 0.158. The molecule has 1 aromatic heterocycles. The molecular formula is C19H16N2O4S2. The molecule has 0 atom stereocenters. The van der Waals surface area contributed by atoms with Gasteiger partial charge in [0.15, 0.2) is 5.78 Å². The number of ketones is 1. The number of hydrogen-bond donors (Lipinski definition) is 1. The second-order valence-corrected chi connectivity index (χ2v) is 7.46. The molecule has 1 aromatic carbocycles. The van der Waals surface area contributed by atoms with E-state index >= 15 is 0 Å². The molecule has 0 saturated carbocycles. The van der Waals surface area contributed by atoms with Crippen molar-refractivity contribution in [2.45, 2.75) is 13.3 Å². The van der Waals surface area contributed by atoms with Crippen molar-refractivity contribution in [3.8, 4) is 0 Å². The van der Waals surface area contributed by atoms with Crippen molar-refractivity contribution in [3.05, 3.63) is 58.9 Å². The summed E-state index contributed by atoms with van der Waals surface area (Å²) >= 11 is 6.43. The van der Waals surface area contributed by atoms with Gasteiger partial charge in [-0.3, -0.25) is 19.3 Å². The number of carbonyl (C=O) groups excluding carboxylic acids is 3. The third-order valence-electron chi connectivity index (χ3n) is 3.83. The number of thiocarbonyl (C=S) groups is 1. The Morgan fingerprint density at radius 1 is 1.26 bits per heavy atom. The van der Waals surface area contributed by atoms with Crippen LogP contribution in [0.1, 0.15) is 29.5 Å². The number of Topliss-reactive ketones (excluding diaryl/α,β-unsaturated/α-hetero) is 1. The SMILES string of the molecule is CC(=O)c1ccc(NC(=O)CCN2C(=O)/C(=C\c3ccco3)SC2=S)cc1. The molecule has 0 radical (unpaired) electrons. The van der Waals surface area contributed by atoms with Crippen molar-refractivity contribution in [2.75, 3.05) is 11.9 Å². The summed E-state index contributed by atoms with van der Waals surface area (Å²) in [6.07, 6.45) is 3.27. The maximum absolute atomic E-state index is 12.5. The molecule has 1 saturated heterocycles. The zero-order valence-corrected chi connectivity index (χ0v) is 16.1. The van der Waals surface area contributed by atoms with E-state index in [2.05, 4.69) is 5.32 Å². The van der Waals surface area contributed by atoms with Crippen LogP contribution < -0.4 is 5.32 Å². The highest BCUT2D eigenvalue weighted by atomic mass is 32.2. The van der Waals surface area contributed by atoms with Crippen LogP contribution in [0, 0.1) is 0 Å². The lowest BCUT2D eigenvalue weighted by Gasteiger charge is -2.14. The predicted octanol–water partition coefficient (Wildman–Crippen LogP) is 3.71. The van der Waals surface area contributed by atoms with Gasteiger partial charge in [0.1, 0.15) is 10.1 Å². The molecule has 1 fully saturated rings. The van der Waals surface area contributed by atoms with Crippen LogP contribution >= 0.6 is 24.0 Å². The van der Waals surface area contributed by atoms with E-state index in [1.165, 1.54) is 29.8 Å². The normalized spacial score (nSPS) is 15.4. The molecule has 1 aliphatic heterocycles. The molecule has 0 bridgehead atoms. The fourth-order valence-electron chi connectivity index (χ4n) is 2.42. The Balaban J connectivity index is 1.56. The number of hydrogen-bond acceptors (Lipinski definition) is 6. The summed E-state index contributed by atoms with van der Waals surface area (Å²) in [5.41, 5.74) is 1.17. The van der Waals surface area contributed by atoms with Crippen LogP contribution in [0.4, 0.5) is 5.69 Å². The van der Waals surface area contributed by atoms with E-state index in [1.54, 1.807) is 42.5 Å². The van der Waals surface area contributed by atoms with Gasteiger partial charge < -0.3 is 9.73 Å². The van der Waals surface area contributed by atoms with Crippen molar-refractivity contribution >= 4 is 57.7 Å². The van der Waals surface area contributed by atoms with Crippen LogP contribution in [-0.2, 0) is 9.59 Å². The van der Waals surface area contributed by atoms with E-state index in [4.69, 9.17) is 16.6 Å². The molecule has 1 aliphatic rings. The zero-order chi connectivity index (χ0) is 19.4. The monoisotopic (exact) mass is 400 g/mol. The highest BCUT2D eigenvalue weighted by molar-refractivity contribution is 8.26. The van der Waals surface area contributed by atoms with E-state index in [-0.39, 0.29) is 30.6 Å². The van der Waals surface area contributed by atoms with Crippen LogP contribution in [0.15, 0.2) is 52.0 Å². The van der Waals surface area contributed by atoms with Gasteiger partial charge in [0.2, 0.25) is 5.91 Å². The summed E-state index contributed by atoms with van der Waals surface area (Å²) in [4.78, 5) is 37.7. The standard InChI is InChI=1S/C19H16N2O4S2/c1-12(22)13-4-6-14(7-5-13)20-17(23)8-9-21-18(24)16(27-19(21)26)11-15-3-2-10-25-15/h2-7,10-11H,8-9H2,1H3,(H,20,23)/b16-11+. The van der Waals surface area contributed by atoms with Crippen LogP contribution in [-0.4, -0.2) is 33.4 Å². The number of anilines is 1. The maximum Gasteiger partial charge on any atom is 0.266 e. The van der Waals surface area contributed by atoms with Gasteiger partial charge >= 0.3 is 0 Å². The van der Waals surface area contributed by atoms with Gasteiger partial charge in [-0.15, -0.1) is 0 Å². The molecule has 1 N–H and O–H groups in total. The van der Waals surface area contributed by atoms with E-state index in [9.17, 15) is 14.4 Å². The molecule has 2 amide bonds. The zero-order valence-electron chi connectivity index (χ0n) is 14.4. The molecule has 0 aliphatic carbocycles. The Labute approximate surface area is 165 Å². The van der Waals surface area contributed by atoms with E-state index in [1.807, 2.05) is 0 Å². The number of benzene rings is 1. The minimum Gasteiger partial charge on any atom is -0.465 e. The number of carbonyl (C=O) groups is 3. The first-order valence-corrected chi connectivity index (χ1v) is 9.36. The van der Waals surface area contributed by atoms with E-state index in [0.717, 1.165) is 0 Å². The fourth-order valence-corrected chi connectivity index (χ4v) is 3.71. The number of nitrogens with one attached hydrogen (secondary N) is 1. The Morgan fingerprint density at radius 3 is 2.63 bits per heavy atom. The molecule has 27 heavy (non-hydrogen) atoms. The van der Waals surface area contributed by atoms with Gasteiger partial charge in [0, 0.05) is 30.3 Å². The molecule has 0 unspecified atom stereocenters. The van der Waals surface area contributed by atoms with Crippen LogP contribution in [0.5, 0.6) is 0 Å². The summed E-state index contributed by atoms with van der Waals surface area (Å²) in [6, 6.07) is 10.1. The van der Waals surface area contributed by atoms with Gasteiger partial charge in [-0.25, -0.2) is 0 Å². The largest absolute Gasteiger partial charge is 0.465 e. The number of nitrogens with zero attached hydrogens (tertiary/aromatic N) is 1. The predicted molar refractivity (Wildman–Crippen MR) is 108 cm³/mol. The highest BCUT2D eigenvalue weighted by Gasteiger charge is 2.32. The van der Waals surface area contributed by atoms with Crippen molar-refractivity contribution in [3.63, 3.8) is 0 Å². The first kappa shape index (κ1) is 19.1. The topological polar surface area (TPSA) is 79.6 Å². The summed E-state index contributed by atoms with van der Waals surface area (Å²) in [5.74, 6) is 0.0572. The number of thioether (sulfide) groups is 1. The van der Waals surface area contributed by atoms with Gasteiger partial charge in [0.05, 0.1) is 11.2 Å². The van der Waals surface area contributed by atoms with Crippen molar-refractivity contribution < 1.29 is 18.8 Å². The van der Waals surface area contributed by atoms with E-state index < -0.39 is 0 Å². The third kappa shape index (κ3) is 4.72. The number of amides is 2. The lowest BCUT2D eigenvalue weighted by molar-refractivity contribution is -0.122. The highest BCUT2D eigenvalue weighted by Crippen LogP contribution is 2.32. The molecule has 3 rings (SSSR count). The molecule has 6 nitrogen and oxygen atoms in total. The quantitative estimate of drug-likeness (QED) is 0.452. The lowest BCUT2D eigenvalue weighted by atomic mass is 10.1. The van der Waals surface area contributed by atoms with E-state index in [0.29, 0.717) is 26.2 Å². The lowest BCUT2D eigenvalue weighted by Crippen LogP contribution is -2.31. The third-order valence-corrected chi connectivity index (χ3v) is 5.21. The first-order chi connectivity index (χ1) is 12.9. The minimum atomic E-state index is -0.241. The van der Waals surface area contributed by atoms with Crippen molar-refractivity contribution in [1.29, 1.82) is 0 Å². The van der Waals surface area contributed by atoms with Crippen molar-refractivity contribution in [2.24, 2.45) is 0 Å². The molecular weight excluding hydrogens is 384 g/mol. The van der Waals surface area contributed by atoms with Crippen molar-refractivity contribution in [1.82, 2.24) is 4.90 Å². The average molecular weight is 400 g/mol. The second-order valence-electron chi connectivity index (χ2n) is 5.78. The van der Waals surface area contributed by atoms with Gasteiger partial charge in [0.25, 0.3) is 5.91 Å². The molecule has 2 heterocycles. The summed E-state index contributed by atoms with van der Waals surface area (Å²) in [5, 5.41) is 2.74. The number of rotatable bonds is 6. The van der Waals surface area contributed by atoms with Gasteiger partial charge in [-0.2, -0.15) is 0 Å². The molecule has 8 heteroatoms. The smallest absolute Gasteiger partial charge is 0.266 e. The van der Waals surface area contributed by atoms with Crippen LogP contribution in [0.2, 0.25) is 0 Å². The Bertz CT molecular complexity index is 918. The molecule has 0 spiro atoms. The first-order valence-electron chi connectivity index (χ1n) is 8.14.